The monoisotopic (exact) mass is 516 g/mol. The fraction of sp³-hybridized carbons (Fsp3) is 0.476. The van der Waals surface area contributed by atoms with Gasteiger partial charge in [-0.25, -0.2) is 14.5 Å². The van der Waals surface area contributed by atoms with Gasteiger partial charge in [0.2, 0.25) is 0 Å². The average molecular weight is 517 g/mol. The molecule has 0 atom stereocenters. The van der Waals surface area contributed by atoms with Crippen LogP contribution in [0.5, 0.6) is 0 Å². The van der Waals surface area contributed by atoms with Gasteiger partial charge in [0.25, 0.3) is 5.91 Å². The van der Waals surface area contributed by atoms with E-state index in [-0.39, 0.29) is 16.6 Å². The van der Waals surface area contributed by atoms with Crippen molar-refractivity contribution in [1.29, 1.82) is 0 Å². The summed E-state index contributed by atoms with van der Waals surface area (Å²) in [6.45, 7) is 5.81. The number of aromatic nitrogens is 1. The number of ether oxygens (including phenoxy) is 1. The lowest BCUT2D eigenvalue weighted by Gasteiger charge is -2.27. The highest BCUT2D eigenvalue weighted by Gasteiger charge is 2.26. The van der Waals surface area contributed by atoms with Crippen LogP contribution in [-0.4, -0.2) is 60.8 Å². The third kappa shape index (κ3) is 8.58. The van der Waals surface area contributed by atoms with Crippen molar-refractivity contribution < 1.29 is 22.7 Å². The van der Waals surface area contributed by atoms with Gasteiger partial charge in [-0.3, -0.25) is 4.79 Å². The van der Waals surface area contributed by atoms with E-state index in [0.717, 1.165) is 27.6 Å². The second-order valence-corrected chi connectivity index (χ2v) is 12.0. The molecule has 0 bridgehead atoms. The zero-order chi connectivity index (χ0) is 24.8. The van der Waals surface area contributed by atoms with Gasteiger partial charge < -0.3 is 9.64 Å². The number of nitrogens with one attached hydrogen (secondary N) is 1. The minimum atomic E-state index is -3.99. The highest BCUT2D eigenvalue weighted by molar-refractivity contribution is 7.87. The number of benzene rings is 1. The van der Waals surface area contributed by atoms with Gasteiger partial charge in [-0.15, -0.1) is 11.3 Å². The third-order valence-electron chi connectivity index (χ3n) is 4.26. The Morgan fingerprint density at radius 2 is 1.82 bits per heavy atom. The summed E-state index contributed by atoms with van der Waals surface area (Å²) in [6, 6.07) is 9.90. The molecule has 2 amide bonds. The smallest absolute Gasteiger partial charge is 0.410 e. The Labute approximate surface area is 203 Å². The van der Waals surface area contributed by atoms with Crippen molar-refractivity contribution in [2.45, 2.75) is 45.8 Å². The van der Waals surface area contributed by atoms with Crippen LogP contribution in [0, 0.1) is 0 Å². The minimum absolute atomic E-state index is 0.0323. The summed E-state index contributed by atoms with van der Waals surface area (Å²) in [7, 11) is -1.41. The molecule has 1 aromatic heterocycles. The summed E-state index contributed by atoms with van der Waals surface area (Å²) in [5.74, 6) is -0.941. The first kappa shape index (κ1) is 27.0. The van der Waals surface area contributed by atoms with Crippen LogP contribution in [0.3, 0.4) is 0 Å². The maximum Gasteiger partial charge on any atom is 0.410 e. The number of aryl methyl sites for hydroxylation is 1. The number of nitrogens with zero attached hydrogens (tertiary/aromatic N) is 3. The van der Waals surface area contributed by atoms with Gasteiger partial charge in [0.15, 0.2) is 5.69 Å². The lowest BCUT2D eigenvalue weighted by atomic mass is 10.1. The summed E-state index contributed by atoms with van der Waals surface area (Å²) < 4.78 is 32.2. The summed E-state index contributed by atoms with van der Waals surface area (Å²) in [4.78, 5) is 30.8. The molecule has 2 rings (SSSR count). The summed E-state index contributed by atoms with van der Waals surface area (Å²) in [6.07, 6.45) is 0.953. The predicted octanol–water partition coefficient (Wildman–Crippen LogP) is 3.70. The molecule has 33 heavy (non-hydrogen) atoms. The van der Waals surface area contributed by atoms with E-state index in [1.165, 1.54) is 19.0 Å². The van der Waals surface area contributed by atoms with E-state index in [0.29, 0.717) is 18.0 Å². The van der Waals surface area contributed by atoms with Crippen LogP contribution < -0.4 is 4.72 Å². The Kier molecular flexibility index (Phi) is 9.24. The minimum Gasteiger partial charge on any atom is -0.444 e. The summed E-state index contributed by atoms with van der Waals surface area (Å²) in [5, 5.41) is 0.387. The first-order valence-corrected chi connectivity index (χ1v) is 12.8. The van der Waals surface area contributed by atoms with Crippen LogP contribution in [-0.2, 0) is 27.9 Å². The standard InChI is InChI=1S/C21H29ClN4O5S2/c1-21(2,3)31-20(28)26(13-9-12-15-10-7-6-8-11-15)14-16-23-17(18(22)32-16)19(27)24-33(29,30)25(4)5/h6-8,10-11H,9,12-14H2,1-5H3,(H,24,27). The number of hydrogen-bond donors (Lipinski definition) is 1. The molecule has 1 aromatic carbocycles. The zero-order valence-corrected chi connectivity index (χ0v) is 21.7. The average Bonchev–Trinajstić information content (AvgIpc) is 3.06. The van der Waals surface area contributed by atoms with Gasteiger partial charge in [0.1, 0.15) is 14.9 Å². The molecule has 9 nitrogen and oxygen atoms in total. The van der Waals surface area contributed by atoms with Crippen LogP contribution in [0.4, 0.5) is 4.79 Å². The zero-order valence-electron chi connectivity index (χ0n) is 19.3. The maximum atomic E-state index is 12.8. The lowest BCUT2D eigenvalue weighted by Crippen LogP contribution is -2.39. The highest BCUT2D eigenvalue weighted by Crippen LogP contribution is 2.26. The summed E-state index contributed by atoms with van der Waals surface area (Å²) in [5.41, 5.74) is 0.261. The van der Waals surface area contributed by atoms with E-state index in [1.54, 1.807) is 20.8 Å². The second-order valence-electron chi connectivity index (χ2n) is 8.44. The predicted molar refractivity (Wildman–Crippen MR) is 129 cm³/mol. The van der Waals surface area contributed by atoms with Crippen molar-refractivity contribution in [3.05, 3.63) is 50.9 Å². The second kappa shape index (κ2) is 11.3. The largest absolute Gasteiger partial charge is 0.444 e. The van der Waals surface area contributed by atoms with Gasteiger partial charge in [-0.05, 0) is 39.2 Å². The van der Waals surface area contributed by atoms with E-state index in [2.05, 4.69) is 4.98 Å². The van der Waals surface area contributed by atoms with Crippen molar-refractivity contribution in [2.24, 2.45) is 0 Å². The first-order valence-electron chi connectivity index (χ1n) is 10.2. The number of halogens is 1. The number of carbonyl (C=O) groups excluding carboxylic acids is 2. The van der Waals surface area contributed by atoms with Crippen molar-refractivity contribution in [1.82, 2.24) is 18.9 Å². The molecule has 0 spiro atoms. The number of carbonyl (C=O) groups is 2. The topological polar surface area (TPSA) is 109 Å². The van der Waals surface area contributed by atoms with Gasteiger partial charge in [0, 0.05) is 20.6 Å². The molecule has 1 N–H and O–H groups in total. The van der Waals surface area contributed by atoms with Crippen LogP contribution >= 0.6 is 22.9 Å². The molecule has 0 saturated heterocycles. The van der Waals surface area contributed by atoms with Crippen LogP contribution in [0.1, 0.15) is 48.3 Å². The van der Waals surface area contributed by atoms with E-state index in [1.807, 2.05) is 35.1 Å². The SMILES string of the molecule is CN(C)S(=O)(=O)NC(=O)c1nc(CN(CCCc2ccccc2)C(=O)OC(C)(C)C)sc1Cl. The Bertz CT molecular complexity index is 1070. The van der Waals surface area contributed by atoms with Crippen LogP contribution in [0.15, 0.2) is 30.3 Å². The lowest BCUT2D eigenvalue weighted by molar-refractivity contribution is 0.0231. The maximum absolute atomic E-state index is 12.8. The number of rotatable bonds is 9. The van der Waals surface area contributed by atoms with E-state index < -0.39 is 27.8 Å². The fourth-order valence-electron chi connectivity index (χ4n) is 2.65. The first-order chi connectivity index (χ1) is 15.3. The quantitative estimate of drug-likeness (QED) is 0.544. The number of amides is 2. The molecule has 0 aliphatic rings. The fourth-order valence-corrected chi connectivity index (χ4v) is 4.36. The van der Waals surface area contributed by atoms with Crippen molar-refractivity contribution >= 4 is 45.1 Å². The molecule has 2 aromatic rings. The normalized spacial score (nSPS) is 12.0. The third-order valence-corrected chi connectivity index (χ3v) is 6.91. The molecule has 0 saturated carbocycles. The molecule has 0 aliphatic carbocycles. The van der Waals surface area contributed by atoms with Crippen molar-refractivity contribution in [2.75, 3.05) is 20.6 Å². The molecule has 0 radical (unpaired) electrons. The van der Waals surface area contributed by atoms with Crippen molar-refractivity contribution in [3.63, 3.8) is 0 Å². The Morgan fingerprint density at radius 3 is 2.39 bits per heavy atom. The van der Waals surface area contributed by atoms with E-state index in [9.17, 15) is 18.0 Å². The van der Waals surface area contributed by atoms with E-state index in [4.69, 9.17) is 16.3 Å². The Morgan fingerprint density at radius 1 is 1.18 bits per heavy atom. The number of thiazole rings is 1. The van der Waals surface area contributed by atoms with Gasteiger partial charge in [-0.1, -0.05) is 41.9 Å². The highest BCUT2D eigenvalue weighted by atomic mass is 35.5. The molecule has 0 unspecified atom stereocenters. The molecular weight excluding hydrogens is 488 g/mol. The molecular formula is C21H29ClN4O5S2. The van der Waals surface area contributed by atoms with Gasteiger partial charge in [0.05, 0.1) is 6.54 Å². The molecule has 182 valence electrons. The Balaban J connectivity index is 2.15. The molecule has 0 fully saturated rings. The molecule has 1 heterocycles. The molecule has 0 aliphatic heterocycles. The Hall–Kier alpha value is -2.21. The summed E-state index contributed by atoms with van der Waals surface area (Å²) >= 11 is 7.16. The molecule has 12 heteroatoms. The van der Waals surface area contributed by atoms with Gasteiger partial charge in [-0.2, -0.15) is 12.7 Å². The number of hydrogen-bond acceptors (Lipinski definition) is 7. The van der Waals surface area contributed by atoms with E-state index >= 15 is 0 Å². The van der Waals surface area contributed by atoms with Crippen LogP contribution in [0.2, 0.25) is 4.34 Å². The van der Waals surface area contributed by atoms with Crippen molar-refractivity contribution in [3.8, 4) is 0 Å². The van der Waals surface area contributed by atoms with Gasteiger partial charge >= 0.3 is 16.3 Å². The van der Waals surface area contributed by atoms with Crippen LogP contribution in [0.25, 0.3) is 0 Å².